The Hall–Kier alpha value is -2.96. The largest absolute Gasteiger partial charge is 0.493 e. The van der Waals surface area contributed by atoms with Gasteiger partial charge in [0.1, 0.15) is 0 Å². The molecule has 1 aromatic heterocycles. The number of methoxy groups -OCH3 is 1. The lowest BCUT2D eigenvalue weighted by molar-refractivity contribution is 0.0910. The van der Waals surface area contributed by atoms with Crippen LogP contribution in [0.1, 0.15) is 27.8 Å². The predicted octanol–water partition coefficient (Wildman–Crippen LogP) is 1.85. The molecule has 1 heterocycles. The molecule has 0 bridgehead atoms. The molecule has 0 saturated heterocycles. The Balaban J connectivity index is 1.83. The Kier molecular flexibility index (Phi) is 6.24. The molecule has 0 saturated carbocycles. The number of rotatable bonds is 8. The average molecular weight is 332 g/mol. The second-order valence-electron chi connectivity index (χ2n) is 4.79. The third kappa shape index (κ3) is 4.52. The first-order chi connectivity index (χ1) is 11.7. The van der Waals surface area contributed by atoms with Gasteiger partial charge in [-0.05, 0) is 37.3 Å². The standard InChI is InChI=1S/C17H20N2O5/c1-3-23-13-7-6-12(11-15(13)22-2)16(20)18-8-9-19-17(21)14-5-4-10-24-14/h4-7,10-11H,3,8-9H2,1-2H3,(H,18,20)(H,19,21). The van der Waals surface area contributed by atoms with E-state index in [9.17, 15) is 9.59 Å². The maximum absolute atomic E-state index is 12.1. The van der Waals surface area contributed by atoms with Crippen molar-refractivity contribution in [1.29, 1.82) is 0 Å². The van der Waals surface area contributed by atoms with Crippen molar-refractivity contribution < 1.29 is 23.5 Å². The van der Waals surface area contributed by atoms with Gasteiger partial charge in [-0.1, -0.05) is 0 Å². The van der Waals surface area contributed by atoms with E-state index in [1.165, 1.54) is 13.4 Å². The van der Waals surface area contributed by atoms with E-state index in [0.29, 0.717) is 36.8 Å². The number of ether oxygens (including phenoxy) is 2. The molecule has 2 rings (SSSR count). The van der Waals surface area contributed by atoms with Crippen LogP contribution in [-0.2, 0) is 0 Å². The summed E-state index contributed by atoms with van der Waals surface area (Å²) in [5.41, 5.74) is 0.452. The van der Waals surface area contributed by atoms with E-state index in [0.717, 1.165) is 0 Å². The van der Waals surface area contributed by atoms with Gasteiger partial charge >= 0.3 is 0 Å². The summed E-state index contributed by atoms with van der Waals surface area (Å²) in [7, 11) is 1.52. The second-order valence-corrected chi connectivity index (χ2v) is 4.79. The molecule has 0 fully saturated rings. The minimum absolute atomic E-state index is 0.234. The van der Waals surface area contributed by atoms with E-state index >= 15 is 0 Å². The van der Waals surface area contributed by atoms with E-state index < -0.39 is 0 Å². The lowest BCUT2D eigenvalue weighted by atomic mass is 10.2. The summed E-state index contributed by atoms with van der Waals surface area (Å²) in [6.07, 6.45) is 1.43. The molecule has 0 spiro atoms. The maximum atomic E-state index is 12.1. The lowest BCUT2D eigenvalue weighted by Crippen LogP contribution is -2.34. The van der Waals surface area contributed by atoms with E-state index in [1.807, 2.05) is 6.92 Å². The molecule has 24 heavy (non-hydrogen) atoms. The molecular formula is C17H20N2O5. The molecule has 7 heteroatoms. The minimum atomic E-state index is -0.322. The van der Waals surface area contributed by atoms with E-state index in [-0.39, 0.29) is 17.6 Å². The smallest absolute Gasteiger partial charge is 0.287 e. The Labute approximate surface area is 139 Å². The van der Waals surface area contributed by atoms with E-state index in [4.69, 9.17) is 13.9 Å². The molecule has 2 aromatic rings. The van der Waals surface area contributed by atoms with Crippen molar-refractivity contribution in [2.45, 2.75) is 6.92 Å². The van der Waals surface area contributed by atoms with Crippen LogP contribution in [0.3, 0.4) is 0 Å². The van der Waals surface area contributed by atoms with Crippen LogP contribution in [0.5, 0.6) is 11.5 Å². The first-order valence-electron chi connectivity index (χ1n) is 7.56. The van der Waals surface area contributed by atoms with Gasteiger partial charge in [0.15, 0.2) is 17.3 Å². The minimum Gasteiger partial charge on any atom is -0.493 e. The second kappa shape index (κ2) is 8.61. The van der Waals surface area contributed by atoms with Crippen molar-refractivity contribution in [3.63, 3.8) is 0 Å². The quantitative estimate of drug-likeness (QED) is 0.720. The van der Waals surface area contributed by atoms with Crippen molar-refractivity contribution in [3.05, 3.63) is 47.9 Å². The summed E-state index contributed by atoms with van der Waals surface area (Å²) >= 11 is 0. The number of nitrogens with one attached hydrogen (secondary N) is 2. The molecule has 128 valence electrons. The number of amides is 2. The average Bonchev–Trinajstić information content (AvgIpc) is 3.13. The molecule has 0 aliphatic heterocycles. The van der Waals surface area contributed by atoms with Gasteiger partial charge in [-0.2, -0.15) is 0 Å². The number of hydrogen-bond acceptors (Lipinski definition) is 5. The summed E-state index contributed by atoms with van der Waals surface area (Å²) < 4.78 is 15.6. The third-order valence-electron chi connectivity index (χ3n) is 3.17. The van der Waals surface area contributed by atoms with Gasteiger partial charge in [-0.25, -0.2) is 0 Å². The number of hydrogen-bond donors (Lipinski definition) is 2. The van der Waals surface area contributed by atoms with Crippen LogP contribution in [0.2, 0.25) is 0 Å². The zero-order valence-electron chi connectivity index (χ0n) is 13.6. The highest BCUT2D eigenvalue weighted by atomic mass is 16.5. The fraction of sp³-hybridized carbons (Fsp3) is 0.294. The fourth-order valence-electron chi connectivity index (χ4n) is 2.03. The highest BCUT2D eigenvalue weighted by molar-refractivity contribution is 5.95. The summed E-state index contributed by atoms with van der Waals surface area (Å²) in [6.45, 7) is 2.97. The van der Waals surface area contributed by atoms with Crippen LogP contribution < -0.4 is 20.1 Å². The van der Waals surface area contributed by atoms with Crippen LogP contribution in [-0.4, -0.2) is 38.6 Å². The topological polar surface area (TPSA) is 89.8 Å². The number of carbonyl (C=O) groups is 2. The predicted molar refractivity (Wildman–Crippen MR) is 87.5 cm³/mol. The van der Waals surface area contributed by atoms with Gasteiger partial charge < -0.3 is 24.5 Å². The van der Waals surface area contributed by atoms with Crippen molar-refractivity contribution in [3.8, 4) is 11.5 Å². The summed E-state index contributed by atoms with van der Waals surface area (Å²) in [5, 5.41) is 5.37. The first-order valence-corrected chi connectivity index (χ1v) is 7.56. The molecule has 2 amide bonds. The van der Waals surface area contributed by atoms with Crippen molar-refractivity contribution in [2.75, 3.05) is 26.8 Å². The lowest BCUT2D eigenvalue weighted by Gasteiger charge is -2.11. The van der Waals surface area contributed by atoms with Crippen LogP contribution in [0, 0.1) is 0 Å². The summed E-state index contributed by atoms with van der Waals surface area (Å²) in [6, 6.07) is 8.16. The van der Waals surface area contributed by atoms with Gasteiger partial charge in [0, 0.05) is 18.7 Å². The van der Waals surface area contributed by atoms with Gasteiger partial charge in [0.2, 0.25) is 0 Å². The maximum Gasteiger partial charge on any atom is 0.287 e. The Morgan fingerprint density at radius 3 is 2.46 bits per heavy atom. The Morgan fingerprint density at radius 2 is 1.83 bits per heavy atom. The molecule has 7 nitrogen and oxygen atoms in total. The molecule has 1 aromatic carbocycles. The number of benzene rings is 1. The summed E-state index contributed by atoms with van der Waals surface area (Å²) in [4.78, 5) is 23.8. The van der Waals surface area contributed by atoms with Gasteiger partial charge in [0.05, 0.1) is 20.0 Å². The van der Waals surface area contributed by atoms with Crippen LogP contribution in [0.25, 0.3) is 0 Å². The first kappa shape index (κ1) is 17.4. The molecule has 0 unspecified atom stereocenters. The normalized spacial score (nSPS) is 10.1. The number of carbonyl (C=O) groups excluding carboxylic acids is 2. The zero-order chi connectivity index (χ0) is 17.4. The van der Waals surface area contributed by atoms with E-state index in [1.54, 1.807) is 30.3 Å². The highest BCUT2D eigenvalue weighted by Gasteiger charge is 2.11. The van der Waals surface area contributed by atoms with Gasteiger partial charge in [-0.3, -0.25) is 9.59 Å². The third-order valence-corrected chi connectivity index (χ3v) is 3.17. The Morgan fingerprint density at radius 1 is 1.08 bits per heavy atom. The van der Waals surface area contributed by atoms with Crippen molar-refractivity contribution >= 4 is 11.8 Å². The molecule has 2 N–H and O–H groups in total. The SMILES string of the molecule is CCOc1ccc(C(=O)NCCNC(=O)c2ccco2)cc1OC. The van der Waals surface area contributed by atoms with Crippen molar-refractivity contribution in [2.24, 2.45) is 0 Å². The number of furan rings is 1. The molecular weight excluding hydrogens is 312 g/mol. The van der Waals surface area contributed by atoms with Gasteiger partial charge in [-0.15, -0.1) is 0 Å². The molecule has 0 atom stereocenters. The van der Waals surface area contributed by atoms with E-state index in [2.05, 4.69) is 10.6 Å². The van der Waals surface area contributed by atoms with Crippen molar-refractivity contribution in [1.82, 2.24) is 10.6 Å². The monoisotopic (exact) mass is 332 g/mol. The molecule has 0 aliphatic carbocycles. The highest BCUT2D eigenvalue weighted by Crippen LogP contribution is 2.27. The summed E-state index contributed by atoms with van der Waals surface area (Å²) in [5.74, 6) is 0.732. The van der Waals surface area contributed by atoms with Gasteiger partial charge in [0.25, 0.3) is 11.8 Å². The van der Waals surface area contributed by atoms with Crippen LogP contribution >= 0.6 is 0 Å². The Bertz CT molecular complexity index is 682. The fourth-order valence-corrected chi connectivity index (χ4v) is 2.03. The molecule has 0 aliphatic rings. The van der Waals surface area contributed by atoms with Crippen LogP contribution in [0.15, 0.2) is 41.0 Å². The molecule has 0 radical (unpaired) electrons. The van der Waals surface area contributed by atoms with Crippen LogP contribution in [0.4, 0.5) is 0 Å². The zero-order valence-corrected chi connectivity index (χ0v) is 13.6.